The summed E-state index contributed by atoms with van der Waals surface area (Å²) in [6.45, 7) is 11.0. The number of carbonyl (C=O) groups excluding carboxylic acids is 1. The summed E-state index contributed by atoms with van der Waals surface area (Å²) in [6.07, 6.45) is 3.01. The second-order valence-corrected chi connectivity index (χ2v) is 14.0. The zero-order valence-corrected chi connectivity index (χ0v) is 18.5. The monoisotopic (exact) mass is 392 g/mol. The minimum atomic E-state index is -2.06. The number of aliphatic hydroxyl groups is 1. The molecule has 1 aromatic rings. The Bertz CT molecular complexity index is 594. The fraction of sp³-hybridized carbons (Fsp3) is 0.682. The molecule has 0 aromatic heterocycles. The molecule has 1 N–H and O–H groups in total. The minimum absolute atomic E-state index is 0.0534. The van der Waals surface area contributed by atoms with Gasteiger partial charge in [-0.2, -0.15) is 0 Å². The molecule has 0 spiro atoms. The van der Waals surface area contributed by atoms with E-state index in [9.17, 15) is 9.90 Å². The van der Waals surface area contributed by atoms with Crippen molar-refractivity contribution in [1.29, 1.82) is 0 Å². The molecule has 27 heavy (non-hydrogen) atoms. The van der Waals surface area contributed by atoms with Crippen molar-refractivity contribution in [3.63, 3.8) is 0 Å². The van der Waals surface area contributed by atoms with Crippen molar-refractivity contribution in [1.82, 2.24) is 0 Å². The lowest BCUT2D eigenvalue weighted by atomic mass is 9.98. The van der Waals surface area contributed by atoms with E-state index in [-0.39, 0.29) is 23.2 Å². The first kappa shape index (κ1) is 22.1. The number of hydrogen-bond donors (Lipinski definition) is 1. The van der Waals surface area contributed by atoms with Crippen molar-refractivity contribution in [2.75, 3.05) is 0 Å². The molecular weight excluding hydrogens is 356 g/mol. The van der Waals surface area contributed by atoms with Crippen molar-refractivity contribution in [3.8, 4) is 0 Å². The SMILES string of the molecule is CC(C)(C)[Si](C)(C)O[C@@H]1C[C@H](c2ccccc2)OC(=O)CCCCCC1O. The summed E-state index contributed by atoms with van der Waals surface area (Å²) < 4.78 is 12.4. The van der Waals surface area contributed by atoms with Crippen LogP contribution < -0.4 is 0 Å². The van der Waals surface area contributed by atoms with Crippen molar-refractivity contribution < 1.29 is 19.1 Å². The van der Waals surface area contributed by atoms with Gasteiger partial charge in [-0.15, -0.1) is 0 Å². The number of aliphatic hydroxyl groups excluding tert-OH is 1. The van der Waals surface area contributed by atoms with E-state index in [1.54, 1.807) is 0 Å². The van der Waals surface area contributed by atoms with Crippen LogP contribution in [0.3, 0.4) is 0 Å². The van der Waals surface area contributed by atoms with E-state index in [1.807, 2.05) is 30.3 Å². The summed E-state index contributed by atoms with van der Waals surface area (Å²) in [5, 5.41) is 11.0. The Labute approximate surface area is 165 Å². The van der Waals surface area contributed by atoms with Gasteiger partial charge in [0.25, 0.3) is 0 Å². The van der Waals surface area contributed by atoms with Gasteiger partial charge in [-0.1, -0.05) is 63.9 Å². The highest BCUT2D eigenvalue weighted by Gasteiger charge is 2.41. The molecule has 5 heteroatoms. The van der Waals surface area contributed by atoms with Gasteiger partial charge in [-0.05, 0) is 36.5 Å². The van der Waals surface area contributed by atoms with Crippen LogP contribution in [-0.2, 0) is 14.0 Å². The zero-order chi connectivity index (χ0) is 20.1. The molecule has 1 saturated heterocycles. The molecule has 3 atom stereocenters. The van der Waals surface area contributed by atoms with Crippen molar-refractivity contribution in [3.05, 3.63) is 35.9 Å². The normalized spacial score (nSPS) is 26.1. The number of cyclic esters (lactones) is 1. The van der Waals surface area contributed by atoms with Gasteiger partial charge in [0.15, 0.2) is 8.32 Å². The highest BCUT2D eigenvalue weighted by molar-refractivity contribution is 6.74. The van der Waals surface area contributed by atoms with Crippen LogP contribution in [0, 0.1) is 0 Å². The number of rotatable bonds is 3. The summed E-state index contributed by atoms with van der Waals surface area (Å²) in [5.74, 6) is -0.161. The summed E-state index contributed by atoms with van der Waals surface area (Å²) in [6, 6.07) is 9.82. The van der Waals surface area contributed by atoms with Crippen LogP contribution in [0.2, 0.25) is 18.1 Å². The number of hydrogen-bond acceptors (Lipinski definition) is 4. The van der Waals surface area contributed by atoms with Crippen LogP contribution in [0.25, 0.3) is 0 Å². The first-order valence-corrected chi connectivity index (χ1v) is 13.1. The second-order valence-electron chi connectivity index (χ2n) is 9.21. The van der Waals surface area contributed by atoms with Crippen molar-refractivity contribution in [2.45, 2.75) is 95.7 Å². The predicted octanol–water partition coefficient (Wildman–Crippen LogP) is 5.38. The van der Waals surface area contributed by atoms with Gasteiger partial charge >= 0.3 is 5.97 Å². The lowest BCUT2D eigenvalue weighted by molar-refractivity contribution is -0.151. The van der Waals surface area contributed by atoms with Crippen LogP contribution in [0.1, 0.15) is 71.0 Å². The number of ether oxygens (including phenoxy) is 1. The van der Waals surface area contributed by atoms with E-state index in [0.717, 1.165) is 24.8 Å². The summed E-state index contributed by atoms with van der Waals surface area (Å²) >= 11 is 0. The van der Waals surface area contributed by atoms with Gasteiger partial charge < -0.3 is 14.3 Å². The maximum atomic E-state index is 12.3. The maximum Gasteiger partial charge on any atom is 0.306 e. The van der Waals surface area contributed by atoms with Crippen molar-refractivity contribution >= 4 is 14.3 Å². The van der Waals surface area contributed by atoms with E-state index in [4.69, 9.17) is 9.16 Å². The van der Waals surface area contributed by atoms with Gasteiger partial charge in [-0.25, -0.2) is 0 Å². The smallest absolute Gasteiger partial charge is 0.306 e. The summed E-state index contributed by atoms with van der Waals surface area (Å²) in [4.78, 5) is 12.3. The molecule has 1 fully saturated rings. The molecule has 0 radical (unpaired) electrons. The number of esters is 1. The first-order chi connectivity index (χ1) is 12.6. The van der Waals surface area contributed by atoms with Gasteiger partial charge in [0.05, 0.1) is 12.2 Å². The van der Waals surface area contributed by atoms with E-state index >= 15 is 0 Å². The Balaban J connectivity index is 2.30. The van der Waals surface area contributed by atoms with Crippen LogP contribution >= 0.6 is 0 Å². The lowest BCUT2D eigenvalue weighted by Gasteiger charge is -2.41. The van der Waals surface area contributed by atoms with E-state index in [0.29, 0.717) is 19.3 Å². The average Bonchev–Trinajstić information content (AvgIpc) is 2.61. The highest BCUT2D eigenvalue weighted by atomic mass is 28.4. The topological polar surface area (TPSA) is 55.8 Å². The lowest BCUT2D eigenvalue weighted by Crippen LogP contribution is -2.47. The van der Waals surface area contributed by atoms with E-state index in [1.165, 1.54) is 0 Å². The van der Waals surface area contributed by atoms with Crippen LogP contribution in [0.5, 0.6) is 0 Å². The minimum Gasteiger partial charge on any atom is -0.457 e. The molecule has 0 bridgehead atoms. The Kier molecular flexibility index (Phi) is 7.66. The van der Waals surface area contributed by atoms with Crippen molar-refractivity contribution in [2.24, 2.45) is 0 Å². The summed E-state index contributed by atoms with van der Waals surface area (Å²) in [7, 11) is -2.06. The highest BCUT2D eigenvalue weighted by Crippen LogP contribution is 2.39. The molecule has 1 aliphatic rings. The molecule has 0 aliphatic carbocycles. The maximum absolute atomic E-state index is 12.3. The van der Waals surface area contributed by atoms with Crippen LogP contribution in [-0.4, -0.2) is 31.6 Å². The Hall–Kier alpha value is -1.17. The Morgan fingerprint density at radius 1 is 1.11 bits per heavy atom. The molecule has 1 aromatic carbocycles. The Morgan fingerprint density at radius 3 is 2.41 bits per heavy atom. The van der Waals surface area contributed by atoms with E-state index in [2.05, 4.69) is 33.9 Å². The third-order valence-corrected chi connectivity index (χ3v) is 10.5. The summed E-state index contributed by atoms with van der Waals surface area (Å²) in [5.41, 5.74) is 0.959. The molecule has 1 aliphatic heterocycles. The van der Waals surface area contributed by atoms with Gasteiger partial charge in [0.1, 0.15) is 6.10 Å². The Morgan fingerprint density at radius 2 is 1.78 bits per heavy atom. The third-order valence-electron chi connectivity index (χ3n) is 5.95. The predicted molar refractivity (Wildman–Crippen MR) is 111 cm³/mol. The van der Waals surface area contributed by atoms with Gasteiger partial charge in [-0.3, -0.25) is 4.79 Å². The fourth-order valence-corrected chi connectivity index (χ4v) is 4.54. The molecule has 1 heterocycles. The number of carbonyl (C=O) groups is 1. The quantitative estimate of drug-likeness (QED) is 0.554. The molecular formula is C22H36O4Si. The standard InChI is InChI=1S/C22H36O4Si/c1-22(2,3)27(4,5)26-20-16-19(17-12-8-6-9-13-17)25-21(24)15-11-7-10-14-18(20)23/h6,8-9,12-13,18-20,23H,7,10-11,14-16H2,1-5H3/t18?,19-,20-/m1/s1. The third kappa shape index (κ3) is 6.44. The van der Waals surface area contributed by atoms with Crippen LogP contribution in [0.15, 0.2) is 30.3 Å². The molecule has 152 valence electrons. The molecule has 2 rings (SSSR count). The number of benzene rings is 1. The first-order valence-electron chi connectivity index (χ1n) is 10.2. The van der Waals surface area contributed by atoms with Crippen LogP contribution in [0.4, 0.5) is 0 Å². The largest absolute Gasteiger partial charge is 0.457 e. The fourth-order valence-electron chi connectivity index (χ4n) is 3.17. The van der Waals surface area contributed by atoms with E-state index < -0.39 is 14.4 Å². The second kappa shape index (κ2) is 9.35. The molecule has 4 nitrogen and oxygen atoms in total. The zero-order valence-electron chi connectivity index (χ0n) is 17.5. The average molecular weight is 393 g/mol. The molecule has 0 saturated carbocycles. The molecule has 0 amide bonds. The molecule has 1 unspecified atom stereocenters. The van der Waals surface area contributed by atoms with Gasteiger partial charge in [0, 0.05) is 12.8 Å². The van der Waals surface area contributed by atoms with Gasteiger partial charge in [0.2, 0.25) is 0 Å².